The molecule has 7 heteroatoms. The number of Topliss-reactive ketones (excluding diaryl/α,β-unsaturated/α-hetero) is 2. The number of rotatable bonds is 7. The highest BCUT2D eigenvalue weighted by atomic mass is 16.5. The number of benzene rings is 1. The molecule has 0 unspecified atom stereocenters. The van der Waals surface area contributed by atoms with E-state index in [9.17, 15) is 24.6 Å². The van der Waals surface area contributed by atoms with Gasteiger partial charge >= 0.3 is 0 Å². The molecular formula is C33H35NO6. The summed E-state index contributed by atoms with van der Waals surface area (Å²) in [5.41, 5.74) is 7.14. The lowest BCUT2D eigenvalue weighted by molar-refractivity contribution is -0.126. The zero-order chi connectivity index (χ0) is 29.4. The maximum Gasteiger partial charge on any atom is 0.255 e. The predicted octanol–water partition coefficient (Wildman–Crippen LogP) is 4.79. The Hall–Kier alpha value is -4.23. The lowest BCUT2D eigenvalue weighted by Gasteiger charge is -2.48. The Morgan fingerprint density at radius 1 is 1.25 bits per heavy atom. The van der Waals surface area contributed by atoms with Crippen LogP contribution >= 0.6 is 0 Å². The minimum atomic E-state index is -2.02. The lowest BCUT2D eigenvalue weighted by atomic mass is 9.58. The summed E-state index contributed by atoms with van der Waals surface area (Å²) >= 11 is 0. The van der Waals surface area contributed by atoms with Gasteiger partial charge in [-0.2, -0.15) is 0 Å². The smallest absolute Gasteiger partial charge is 0.255 e. The number of methoxy groups -OCH3 is 1. The number of aliphatic hydroxyl groups excluding tert-OH is 1. The van der Waals surface area contributed by atoms with Crippen molar-refractivity contribution in [3.05, 3.63) is 106 Å². The molecule has 0 radical (unpaired) electrons. The number of hydrogen-bond donors (Lipinski definition) is 3. The summed E-state index contributed by atoms with van der Waals surface area (Å²) in [5.74, 6) is -3.04. The van der Waals surface area contributed by atoms with E-state index in [1.54, 1.807) is 26.2 Å². The molecule has 4 rings (SSSR count). The summed E-state index contributed by atoms with van der Waals surface area (Å²) < 4.78 is 5.52. The zero-order valence-corrected chi connectivity index (χ0v) is 23.1. The standard InChI is InChI=1S/C33H35NO6/c1-6-8-9-22(13-11-20-10-12-21(7-2)27(14-20)40-5)25-16-23-15-24-17-26(35)29(32(34)38)31(37)33(24,39)19(4)28(23)30(36)18(25)3/h6,8-14,23-24,37,39H,1,3,7,15-17H2,2,4-5H3,(H2,34,38)/b9-8-,13-11+,25-22+/t23-,24+,33-/m1/s1. The van der Waals surface area contributed by atoms with Gasteiger partial charge in [-0.15, -0.1) is 0 Å². The quantitative estimate of drug-likeness (QED) is 0.259. The summed E-state index contributed by atoms with van der Waals surface area (Å²) in [6, 6.07) is 5.99. The molecule has 40 heavy (non-hydrogen) atoms. The van der Waals surface area contributed by atoms with Gasteiger partial charge in [-0.3, -0.25) is 14.4 Å². The fourth-order valence-electron chi connectivity index (χ4n) is 6.23. The van der Waals surface area contributed by atoms with Crippen molar-refractivity contribution in [2.24, 2.45) is 17.6 Å². The number of aliphatic hydroxyl groups is 2. The second kappa shape index (κ2) is 11.1. The number of fused-ring (bicyclic) bond motifs is 2. The SMILES string of the molecule is C=C\C=C/C(/C=C/c1ccc(CC)c(OC)c1)=C1/C[C@H]2C[C@H]3CC(=O)C(C(N)=O)=C(O)[C@@]3(O)C(C)=C2C(=O)C1=C. The molecule has 0 spiro atoms. The van der Waals surface area contributed by atoms with Crippen molar-refractivity contribution in [2.45, 2.75) is 45.1 Å². The molecule has 0 saturated heterocycles. The Labute approximate surface area is 234 Å². The highest BCUT2D eigenvalue weighted by Gasteiger charge is 2.56. The highest BCUT2D eigenvalue weighted by molar-refractivity contribution is 6.20. The molecule has 3 aliphatic rings. The van der Waals surface area contributed by atoms with Crippen molar-refractivity contribution in [1.29, 1.82) is 0 Å². The Bertz CT molecular complexity index is 1480. The van der Waals surface area contributed by atoms with E-state index in [0.29, 0.717) is 12.0 Å². The molecule has 1 fully saturated rings. The molecule has 1 aromatic rings. The summed E-state index contributed by atoms with van der Waals surface area (Å²) in [6.07, 6.45) is 10.6. The van der Waals surface area contributed by atoms with Gasteiger partial charge in [0.15, 0.2) is 11.6 Å². The molecule has 208 valence electrons. The monoisotopic (exact) mass is 541 g/mol. The fraction of sp³-hybridized carbons (Fsp3) is 0.303. The maximum atomic E-state index is 13.7. The van der Waals surface area contributed by atoms with Gasteiger partial charge in [-0.05, 0) is 66.0 Å². The first-order chi connectivity index (χ1) is 19.0. The van der Waals surface area contributed by atoms with Crippen LogP contribution in [0.2, 0.25) is 0 Å². The molecule has 3 aliphatic carbocycles. The van der Waals surface area contributed by atoms with Crippen molar-refractivity contribution in [1.82, 2.24) is 0 Å². The number of primary amides is 1. The molecule has 3 atom stereocenters. The fourth-order valence-corrected chi connectivity index (χ4v) is 6.23. The molecular weight excluding hydrogens is 506 g/mol. The van der Waals surface area contributed by atoms with Gasteiger partial charge in [-0.1, -0.05) is 62.6 Å². The third-order valence-corrected chi connectivity index (χ3v) is 8.34. The molecule has 0 heterocycles. The number of ether oxygens (including phenoxy) is 1. The normalized spacial score (nSPS) is 26.4. The van der Waals surface area contributed by atoms with E-state index in [4.69, 9.17) is 10.5 Å². The van der Waals surface area contributed by atoms with E-state index in [2.05, 4.69) is 20.1 Å². The van der Waals surface area contributed by atoms with Gasteiger partial charge in [0.05, 0.1) is 7.11 Å². The second-order valence-corrected chi connectivity index (χ2v) is 10.4. The Kier molecular flexibility index (Phi) is 7.98. The van der Waals surface area contributed by atoms with E-state index in [1.165, 1.54) is 0 Å². The molecule has 0 bridgehead atoms. The molecule has 7 nitrogen and oxygen atoms in total. The van der Waals surface area contributed by atoms with Crippen molar-refractivity contribution < 1.29 is 29.3 Å². The number of hydrogen-bond acceptors (Lipinski definition) is 6. The van der Waals surface area contributed by atoms with E-state index < -0.39 is 34.5 Å². The zero-order valence-electron chi connectivity index (χ0n) is 23.1. The van der Waals surface area contributed by atoms with Crippen LogP contribution in [0.3, 0.4) is 0 Å². The number of ketones is 2. The van der Waals surface area contributed by atoms with E-state index >= 15 is 0 Å². The van der Waals surface area contributed by atoms with E-state index in [0.717, 1.165) is 34.4 Å². The van der Waals surface area contributed by atoms with Crippen molar-refractivity contribution in [3.8, 4) is 5.75 Å². The number of carbonyl (C=O) groups is 3. The van der Waals surface area contributed by atoms with Crippen LogP contribution in [-0.4, -0.2) is 40.4 Å². The Balaban J connectivity index is 1.80. The van der Waals surface area contributed by atoms with Crippen LogP contribution < -0.4 is 10.5 Å². The topological polar surface area (TPSA) is 127 Å². The van der Waals surface area contributed by atoms with Crippen molar-refractivity contribution >= 4 is 23.5 Å². The highest BCUT2D eigenvalue weighted by Crippen LogP contribution is 2.53. The average Bonchev–Trinajstić information content (AvgIpc) is 2.92. The first-order valence-corrected chi connectivity index (χ1v) is 13.3. The summed E-state index contributed by atoms with van der Waals surface area (Å²) in [7, 11) is 1.64. The Morgan fingerprint density at radius 3 is 2.60 bits per heavy atom. The van der Waals surface area contributed by atoms with Crippen LogP contribution in [0.25, 0.3) is 6.08 Å². The number of nitrogens with two attached hydrogens (primary N) is 1. The van der Waals surface area contributed by atoms with Gasteiger partial charge in [0.2, 0.25) is 0 Å². The van der Waals surface area contributed by atoms with Gasteiger partial charge in [0, 0.05) is 23.5 Å². The molecule has 0 aliphatic heterocycles. The van der Waals surface area contributed by atoms with Gasteiger partial charge in [0.25, 0.3) is 5.91 Å². The maximum absolute atomic E-state index is 13.7. The summed E-state index contributed by atoms with van der Waals surface area (Å²) in [5, 5.41) is 22.5. The lowest BCUT2D eigenvalue weighted by Crippen LogP contribution is -2.53. The number of allylic oxidation sites excluding steroid dienone is 8. The van der Waals surface area contributed by atoms with Gasteiger partial charge in [-0.25, -0.2) is 0 Å². The number of carbonyl (C=O) groups excluding carboxylic acids is 3. The van der Waals surface area contributed by atoms with E-state index in [-0.39, 0.29) is 35.7 Å². The van der Waals surface area contributed by atoms with Crippen LogP contribution in [0.5, 0.6) is 5.75 Å². The Morgan fingerprint density at radius 2 is 1.98 bits per heavy atom. The summed E-state index contributed by atoms with van der Waals surface area (Å²) in [4.78, 5) is 38.3. The molecule has 1 aromatic carbocycles. The van der Waals surface area contributed by atoms with Gasteiger partial charge in [0.1, 0.15) is 22.7 Å². The van der Waals surface area contributed by atoms with Crippen LogP contribution in [-0.2, 0) is 20.8 Å². The van der Waals surface area contributed by atoms with E-state index in [1.807, 2.05) is 36.4 Å². The van der Waals surface area contributed by atoms with Crippen LogP contribution in [0, 0.1) is 11.8 Å². The van der Waals surface area contributed by atoms with Crippen LogP contribution in [0.4, 0.5) is 0 Å². The number of aryl methyl sites for hydroxylation is 1. The third-order valence-electron chi connectivity index (χ3n) is 8.34. The second-order valence-electron chi connectivity index (χ2n) is 10.4. The first-order valence-electron chi connectivity index (χ1n) is 13.3. The predicted molar refractivity (Wildman–Crippen MR) is 154 cm³/mol. The average molecular weight is 542 g/mol. The number of amides is 1. The largest absolute Gasteiger partial charge is 0.508 e. The molecule has 0 aromatic heterocycles. The first kappa shape index (κ1) is 28.8. The summed E-state index contributed by atoms with van der Waals surface area (Å²) in [6.45, 7) is 11.5. The van der Waals surface area contributed by atoms with Crippen molar-refractivity contribution in [2.75, 3.05) is 7.11 Å². The molecule has 1 saturated carbocycles. The molecule has 1 amide bonds. The van der Waals surface area contributed by atoms with Gasteiger partial charge < -0.3 is 20.7 Å². The molecule has 4 N–H and O–H groups in total. The van der Waals surface area contributed by atoms with Crippen molar-refractivity contribution in [3.63, 3.8) is 0 Å². The minimum Gasteiger partial charge on any atom is -0.508 e. The third kappa shape index (κ3) is 4.71. The van der Waals surface area contributed by atoms with Crippen LogP contribution in [0.15, 0.2) is 94.9 Å². The minimum absolute atomic E-state index is 0.160. The van der Waals surface area contributed by atoms with Crippen LogP contribution in [0.1, 0.15) is 44.2 Å².